The highest BCUT2D eigenvalue weighted by molar-refractivity contribution is 6.31. The number of hydrogen-bond acceptors (Lipinski definition) is 2. The number of hydrogen-bond donors (Lipinski definition) is 1. The van der Waals surface area contributed by atoms with Crippen LogP contribution in [0, 0.1) is 0 Å². The molecular formula is C17H25ClN2. The van der Waals surface area contributed by atoms with Gasteiger partial charge in [0.1, 0.15) is 0 Å². The molecule has 0 aromatic heterocycles. The molecule has 0 heterocycles. The van der Waals surface area contributed by atoms with Crippen molar-refractivity contribution in [2.75, 3.05) is 18.0 Å². The SMILES string of the molecule is C=CCN(c1ccc(C(C)NCCC)c(Cl)c1)C1CC1. The van der Waals surface area contributed by atoms with Crippen LogP contribution in [0.15, 0.2) is 30.9 Å². The van der Waals surface area contributed by atoms with Crippen LogP contribution >= 0.6 is 11.6 Å². The van der Waals surface area contributed by atoms with E-state index in [2.05, 4.69) is 48.8 Å². The first kappa shape index (κ1) is 15.4. The van der Waals surface area contributed by atoms with Crippen LogP contribution in [-0.4, -0.2) is 19.1 Å². The summed E-state index contributed by atoms with van der Waals surface area (Å²) >= 11 is 6.48. The molecular weight excluding hydrogens is 268 g/mol. The molecule has 1 aliphatic carbocycles. The second-order valence-corrected chi connectivity index (χ2v) is 5.96. The molecule has 0 aliphatic heterocycles. The van der Waals surface area contributed by atoms with E-state index in [1.54, 1.807) is 0 Å². The van der Waals surface area contributed by atoms with Gasteiger partial charge in [-0.05, 0) is 50.4 Å². The van der Waals surface area contributed by atoms with E-state index >= 15 is 0 Å². The molecule has 0 amide bonds. The zero-order valence-corrected chi connectivity index (χ0v) is 13.3. The van der Waals surface area contributed by atoms with Gasteiger partial charge in [-0.25, -0.2) is 0 Å². The molecule has 0 saturated heterocycles. The van der Waals surface area contributed by atoms with E-state index in [4.69, 9.17) is 11.6 Å². The maximum Gasteiger partial charge on any atom is 0.0474 e. The molecule has 1 atom stereocenters. The average Bonchev–Trinajstić information content (AvgIpc) is 3.26. The first-order valence-corrected chi connectivity index (χ1v) is 7.95. The Bertz CT molecular complexity index is 454. The van der Waals surface area contributed by atoms with Crippen molar-refractivity contribution >= 4 is 17.3 Å². The Morgan fingerprint density at radius 2 is 2.25 bits per heavy atom. The van der Waals surface area contributed by atoms with Gasteiger partial charge in [-0.15, -0.1) is 6.58 Å². The molecule has 1 aliphatic rings. The summed E-state index contributed by atoms with van der Waals surface area (Å²) < 4.78 is 0. The molecule has 1 saturated carbocycles. The van der Waals surface area contributed by atoms with Crippen LogP contribution in [-0.2, 0) is 0 Å². The summed E-state index contributed by atoms with van der Waals surface area (Å²) in [6, 6.07) is 7.41. The molecule has 0 spiro atoms. The van der Waals surface area contributed by atoms with Gasteiger partial charge >= 0.3 is 0 Å². The van der Waals surface area contributed by atoms with Crippen molar-refractivity contribution in [1.82, 2.24) is 5.32 Å². The van der Waals surface area contributed by atoms with Gasteiger partial charge in [0, 0.05) is 29.3 Å². The molecule has 2 rings (SSSR count). The van der Waals surface area contributed by atoms with Crippen LogP contribution < -0.4 is 10.2 Å². The van der Waals surface area contributed by atoms with Gasteiger partial charge in [-0.3, -0.25) is 0 Å². The standard InChI is InChI=1S/C17H25ClN2/c1-4-10-19-13(3)16-9-8-15(12-17(16)18)20(11-5-2)14-6-7-14/h5,8-9,12-14,19H,2,4,6-7,10-11H2,1,3H3. The van der Waals surface area contributed by atoms with Crippen LogP contribution in [0.2, 0.25) is 5.02 Å². The number of nitrogens with zero attached hydrogens (tertiary/aromatic N) is 1. The maximum atomic E-state index is 6.48. The van der Waals surface area contributed by atoms with Gasteiger partial charge in [0.2, 0.25) is 0 Å². The van der Waals surface area contributed by atoms with Gasteiger partial charge in [0.15, 0.2) is 0 Å². The monoisotopic (exact) mass is 292 g/mol. The molecule has 1 fully saturated rings. The summed E-state index contributed by atoms with van der Waals surface area (Å²) in [5.74, 6) is 0. The third kappa shape index (κ3) is 3.77. The van der Waals surface area contributed by atoms with Gasteiger partial charge in [-0.2, -0.15) is 0 Å². The minimum Gasteiger partial charge on any atom is -0.365 e. The van der Waals surface area contributed by atoms with Gasteiger partial charge in [-0.1, -0.05) is 30.7 Å². The normalized spacial score (nSPS) is 15.9. The second-order valence-electron chi connectivity index (χ2n) is 5.55. The smallest absolute Gasteiger partial charge is 0.0474 e. The van der Waals surface area contributed by atoms with Gasteiger partial charge in [0.25, 0.3) is 0 Å². The molecule has 110 valence electrons. The zero-order chi connectivity index (χ0) is 14.5. The Morgan fingerprint density at radius 1 is 1.50 bits per heavy atom. The third-order valence-electron chi connectivity index (χ3n) is 3.80. The summed E-state index contributed by atoms with van der Waals surface area (Å²) in [6.45, 7) is 10.1. The fraction of sp³-hybridized carbons (Fsp3) is 0.529. The van der Waals surface area contributed by atoms with E-state index in [1.165, 1.54) is 24.1 Å². The van der Waals surface area contributed by atoms with Crippen LogP contribution in [0.25, 0.3) is 0 Å². The lowest BCUT2D eigenvalue weighted by molar-refractivity contribution is 0.571. The predicted molar refractivity (Wildman–Crippen MR) is 88.7 cm³/mol. The van der Waals surface area contributed by atoms with Crippen LogP contribution in [0.1, 0.15) is 44.7 Å². The van der Waals surface area contributed by atoms with Crippen molar-refractivity contribution in [2.24, 2.45) is 0 Å². The Hall–Kier alpha value is -0.990. The van der Waals surface area contributed by atoms with E-state index in [0.717, 1.165) is 24.5 Å². The molecule has 0 bridgehead atoms. The number of benzene rings is 1. The number of halogens is 1. The summed E-state index contributed by atoms with van der Waals surface area (Å²) in [5.41, 5.74) is 2.39. The molecule has 3 heteroatoms. The zero-order valence-electron chi connectivity index (χ0n) is 12.5. The molecule has 0 radical (unpaired) electrons. The fourth-order valence-corrected chi connectivity index (χ4v) is 2.85. The first-order chi connectivity index (χ1) is 9.67. The number of rotatable bonds is 8. The summed E-state index contributed by atoms with van der Waals surface area (Å²) in [6.07, 6.45) is 5.66. The van der Waals surface area contributed by atoms with Gasteiger partial charge in [0.05, 0.1) is 0 Å². The third-order valence-corrected chi connectivity index (χ3v) is 4.12. The maximum absolute atomic E-state index is 6.48. The molecule has 1 aromatic carbocycles. The molecule has 1 aromatic rings. The molecule has 20 heavy (non-hydrogen) atoms. The summed E-state index contributed by atoms with van der Waals surface area (Å²) in [5, 5.41) is 4.34. The lowest BCUT2D eigenvalue weighted by Gasteiger charge is -2.24. The van der Waals surface area contributed by atoms with E-state index in [1.807, 2.05) is 6.08 Å². The summed E-state index contributed by atoms with van der Waals surface area (Å²) in [4.78, 5) is 2.40. The quantitative estimate of drug-likeness (QED) is 0.707. The Labute approximate surface area is 127 Å². The van der Waals surface area contributed by atoms with E-state index < -0.39 is 0 Å². The number of anilines is 1. The minimum atomic E-state index is 0.297. The average molecular weight is 293 g/mol. The largest absolute Gasteiger partial charge is 0.365 e. The van der Waals surface area contributed by atoms with E-state index in [9.17, 15) is 0 Å². The lowest BCUT2D eigenvalue weighted by Crippen LogP contribution is -2.25. The van der Waals surface area contributed by atoms with Crippen LogP contribution in [0.4, 0.5) is 5.69 Å². The highest BCUT2D eigenvalue weighted by Gasteiger charge is 2.28. The minimum absolute atomic E-state index is 0.297. The van der Waals surface area contributed by atoms with Crippen molar-refractivity contribution < 1.29 is 0 Å². The van der Waals surface area contributed by atoms with Gasteiger partial charge < -0.3 is 10.2 Å². The predicted octanol–water partition coefficient (Wildman–Crippen LogP) is 4.56. The Kier molecular flexibility index (Phi) is 5.50. The second kappa shape index (κ2) is 7.14. The van der Waals surface area contributed by atoms with Crippen molar-refractivity contribution in [3.05, 3.63) is 41.4 Å². The van der Waals surface area contributed by atoms with Crippen molar-refractivity contribution in [1.29, 1.82) is 0 Å². The highest BCUT2D eigenvalue weighted by atomic mass is 35.5. The van der Waals surface area contributed by atoms with Crippen LogP contribution in [0.5, 0.6) is 0 Å². The lowest BCUT2D eigenvalue weighted by atomic mass is 10.1. The first-order valence-electron chi connectivity index (χ1n) is 7.57. The topological polar surface area (TPSA) is 15.3 Å². The summed E-state index contributed by atoms with van der Waals surface area (Å²) in [7, 11) is 0. The van der Waals surface area contributed by atoms with Crippen molar-refractivity contribution in [2.45, 2.75) is 45.2 Å². The van der Waals surface area contributed by atoms with Crippen molar-refractivity contribution in [3.63, 3.8) is 0 Å². The Balaban J connectivity index is 2.13. The van der Waals surface area contributed by atoms with E-state index in [0.29, 0.717) is 12.1 Å². The number of nitrogens with one attached hydrogen (secondary N) is 1. The molecule has 2 nitrogen and oxygen atoms in total. The fourth-order valence-electron chi connectivity index (χ4n) is 2.51. The molecule has 1 unspecified atom stereocenters. The van der Waals surface area contributed by atoms with Crippen molar-refractivity contribution in [3.8, 4) is 0 Å². The Morgan fingerprint density at radius 3 is 2.80 bits per heavy atom. The highest BCUT2D eigenvalue weighted by Crippen LogP contribution is 2.34. The van der Waals surface area contributed by atoms with Crippen LogP contribution in [0.3, 0.4) is 0 Å². The van der Waals surface area contributed by atoms with E-state index in [-0.39, 0.29) is 0 Å². The molecule has 1 N–H and O–H groups in total.